The molecule has 3 aliphatic heterocycles. The Kier molecular flexibility index (Phi) is 8.62. The average molecular weight is 723 g/mol. The Hall–Kier alpha value is -3.28. The summed E-state index contributed by atoms with van der Waals surface area (Å²) in [5.74, 6) is 0.876. The average Bonchev–Trinajstić information content (AvgIpc) is 3.17. The molecule has 8 rings (SSSR count). The molecular formula is C38H47ClN4O6S. The molecule has 50 heavy (non-hydrogen) atoms. The number of amides is 2. The minimum Gasteiger partial charge on any atom is -0.490 e. The molecule has 1 N–H and O–H groups in total. The third-order valence-electron chi connectivity index (χ3n) is 12.5. The predicted octanol–water partition coefficient (Wildman–Crippen LogP) is 5.53. The fourth-order valence-electron chi connectivity index (χ4n) is 9.20. The summed E-state index contributed by atoms with van der Waals surface area (Å²) in [6.45, 7) is 5.69. The number of ether oxygens (including phenoxy) is 2. The Morgan fingerprint density at radius 2 is 1.88 bits per heavy atom. The molecule has 2 amide bonds. The third kappa shape index (κ3) is 5.87. The fourth-order valence-corrected chi connectivity index (χ4v) is 10.5. The molecule has 2 spiro atoms. The van der Waals surface area contributed by atoms with Gasteiger partial charge in [0.25, 0.3) is 15.9 Å². The fraction of sp³-hybridized carbons (Fsp3) is 0.579. The Bertz CT molecular complexity index is 1820. The zero-order chi connectivity index (χ0) is 34.8. The SMILES string of the molecule is CC1CN(C(=O)O[C@H]2/C=C/CN(C)C3(CCC3)C(=O)NS(=O)(=O)c3ccc4c(c3)N(C[C@@H]3CC[C@H]32)C[C@@]2(CCCc3cc(Cl)ccc32)CO4)C1. The van der Waals surface area contributed by atoms with Crippen molar-refractivity contribution in [1.29, 1.82) is 0 Å². The molecular weight excluding hydrogens is 676 g/mol. The summed E-state index contributed by atoms with van der Waals surface area (Å²) in [6, 6.07) is 11.1. The number of hydrogen-bond donors (Lipinski definition) is 1. The molecule has 0 aromatic heterocycles. The van der Waals surface area contributed by atoms with Crippen molar-refractivity contribution in [2.75, 3.05) is 51.3 Å². The Balaban J connectivity index is 1.19. The van der Waals surface area contributed by atoms with E-state index in [9.17, 15) is 18.0 Å². The van der Waals surface area contributed by atoms with Crippen molar-refractivity contribution in [3.63, 3.8) is 0 Å². The van der Waals surface area contributed by atoms with Crippen molar-refractivity contribution in [3.05, 3.63) is 64.7 Å². The number of nitrogens with one attached hydrogen (secondary N) is 1. The Morgan fingerprint density at radius 3 is 2.60 bits per heavy atom. The van der Waals surface area contributed by atoms with E-state index in [0.29, 0.717) is 74.5 Å². The second-order valence-corrected chi connectivity index (χ2v) is 17.8. The van der Waals surface area contributed by atoms with Gasteiger partial charge in [0.1, 0.15) is 17.4 Å². The summed E-state index contributed by atoms with van der Waals surface area (Å²) >= 11 is 6.45. The van der Waals surface area contributed by atoms with Crippen LogP contribution in [0.3, 0.4) is 0 Å². The van der Waals surface area contributed by atoms with E-state index in [1.807, 2.05) is 30.2 Å². The number of sulfonamides is 1. The maximum atomic E-state index is 13.9. The smallest absolute Gasteiger partial charge is 0.410 e. The number of halogens is 1. The molecule has 2 bridgehead atoms. The first-order valence-electron chi connectivity index (χ1n) is 18.2. The van der Waals surface area contributed by atoms with Crippen molar-refractivity contribution in [1.82, 2.24) is 14.5 Å². The van der Waals surface area contributed by atoms with Crippen LogP contribution in [0.1, 0.15) is 63.0 Å². The maximum Gasteiger partial charge on any atom is 0.410 e. The number of hydrogen-bond acceptors (Lipinski definition) is 8. The van der Waals surface area contributed by atoms with Crippen molar-refractivity contribution in [2.45, 2.75) is 80.2 Å². The molecule has 268 valence electrons. The van der Waals surface area contributed by atoms with Gasteiger partial charge in [-0.15, -0.1) is 0 Å². The number of nitrogens with zero attached hydrogens (tertiary/aromatic N) is 3. The van der Waals surface area contributed by atoms with Crippen molar-refractivity contribution in [2.24, 2.45) is 17.8 Å². The molecule has 1 saturated heterocycles. The topological polar surface area (TPSA) is 108 Å². The van der Waals surface area contributed by atoms with Crippen LogP contribution < -0.4 is 14.4 Å². The normalized spacial score (nSPS) is 31.1. The largest absolute Gasteiger partial charge is 0.490 e. The molecule has 3 heterocycles. The van der Waals surface area contributed by atoms with Gasteiger partial charge in [0.15, 0.2) is 0 Å². The predicted molar refractivity (Wildman–Crippen MR) is 191 cm³/mol. The number of aryl methyl sites for hydroxylation is 1. The second-order valence-electron chi connectivity index (χ2n) is 15.7. The van der Waals surface area contributed by atoms with Gasteiger partial charge in [0.2, 0.25) is 0 Å². The molecule has 2 aromatic rings. The highest BCUT2D eigenvalue weighted by atomic mass is 35.5. The molecule has 0 radical (unpaired) electrons. The van der Waals surface area contributed by atoms with Crippen LogP contribution in [0.25, 0.3) is 0 Å². The van der Waals surface area contributed by atoms with Crippen LogP contribution in [0.4, 0.5) is 10.5 Å². The summed E-state index contributed by atoms with van der Waals surface area (Å²) in [5.41, 5.74) is 1.90. The number of carbonyl (C=O) groups is 2. The van der Waals surface area contributed by atoms with Crippen molar-refractivity contribution >= 4 is 39.3 Å². The number of carbonyl (C=O) groups excluding carboxylic acids is 2. The first-order chi connectivity index (χ1) is 24.0. The van der Waals surface area contributed by atoms with Gasteiger partial charge in [-0.05, 0) is 118 Å². The third-order valence-corrected chi connectivity index (χ3v) is 14.1. The molecule has 3 aliphatic carbocycles. The second kappa shape index (κ2) is 12.7. The van der Waals surface area contributed by atoms with E-state index in [1.165, 1.54) is 11.1 Å². The van der Waals surface area contributed by atoms with E-state index in [-0.39, 0.29) is 28.2 Å². The molecule has 0 unspecified atom stereocenters. The van der Waals surface area contributed by atoms with Gasteiger partial charge in [-0.3, -0.25) is 9.69 Å². The number of benzene rings is 2. The molecule has 2 saturated carbocycles. The lowest BCUT2D eigenvalue weighted by Crippen LogP contribution is -2.62. The van der Waals surface area contributed by atoms with Crippen LogP contribution in [-0.2, 0) is 31.4 Å². The Morgan fingerprint density at radius 1 is 1.06 bits per heavy atom. The van der Waals surface area contributed by atoms with E-state index in [1.54, 1.807) is 23.1 Å². The zero-order valence-corrected chi connectivity index (χ0v) is 30.5. The monoisotopic (exact) mass is 722 g/mol. The number of rotatable bonds is 1. The number of likely N-dealkylation sites (tertiary alicyclic amines) is 1. The summed E-state index contributed by atoms with van der Waals surface area (Å²) in [4.78, 5) is 33.1. The molecule has 4 atom stereocenters. The van der Waals surface area contributed by atoms with E-state index in [2.05, 4.69) is 28.7 Å². The van der Waals surface area contributed by atoms with Crippen LogP contribution in [0.5, 0.6) is 5.75 Å². The first kappa shape index (κ1) is 33.8. The molecule has 2 aromatic carbocycles. The van der Waals surface area contributed by atoms with Gasteiger partial charge in [-0.1, -0.05) is 30.7 Å². The Labute approximate surface area is 300 Å². The van der Waals surface area contributed by atoms with E-state index < -0.39 is 27.6 Å². The quantitative estimate of drug-likeness (QED) is 0.384. The van der Waals surface area contributed by atoms with Gasteiger partial charge < -0.3 is 19.3 Å². The molecule has 6 aliphatic rings. The number of fused-ring (bicyclic) bond motifs is 4. The van der Waals surface area contributed by atoms with Gasteiger partial charge in [-0.2, -0.15) is 0 Å². The number of anilines is 1. The summed E-state index contributed by atoms with van der Waals surface area (Å²) in [6.07, 6.45) is 10.0. The van der Waals surface area contributed by atoms with Crippen LogP contribution in [-0.4, -0.2) is 88.2 Å². The van der Waals surface area contributed by atoms with E-state index in [0.717, 1.165) is 38.5 Å². The minimum atomic E-state index is -4.17. The van der Waals surface area contributed by atoms with Crippen LogP contribution >= 0.6 is 11.6 Å². The van der Waals surface area contributed by atoms with Gasteiger partial charge in [0.05, 0.1) is 17.2 Å². The van der Waals surface area contributed by atoms with Crippen LogP contribution in [0.15, 0.2) is 53.4 Å². The standard InChI is InChI=1S/C38H47ClN4O6S/c1-25-20-42(21-25)36(45)49-33-7-4-17-41(2)38(15-5-16-38)35(44)40-50(46,47)29-10-13-34-32(19-29)43(22-27-8-11-30(27)33)23-37(24-48-34)14-3-6-26-18-28(39)9-12-31(26)37/h4,7,9-10,12-13,18-19,25,27,30,33H,3,5-6,8,11,14-17,20-24H2,1-2H3,(H,40,44)/b7-4+/t27-,30+,33-,37-/m0/s1. The lowest BCUT2D eigenvalue weighted by atomic mass is 9.68. The summed E-state index contributed by atoms with van der Waals surface area (Å²) in [5, 5.41) is 0.717. The minimum absolute atomic E-state index is 0.0369. The van der Waals surface area contributed by atoms with Crippen LogP contribution in [0, 0.1) is 17.8 Å². The van der Waals surface area contributed by atoms with E-state index in [4.69, 9.17) is 21.1 Å². The molecule has 10 nitrogen and oxygen atoms in total. The molecule has 12 heteroatoms. The number of likely N-dealkylation sites (N-methyl/N-ethyl adjacent to an activating group) is 1. The summed E-state index contributed by atoms with van der Waals surface area (Å²) in [7, 11) is -2.32. The van der Waals surface area contributed by atoms with Gasteiger partial charge >= 0.3 is 6.09 Å². The van der Waals surface area contributed by atoms with Crippen molar-refractivity contribution < 1.29 is 27.5 Å². The van der Waals surface area contributed by atoms with Gasteiger partial charge in [0, 0.05) is 49.1 Å². The molecule has 3 fully saturated rings. The first-order valence-corrected chi connectivity index (χ1v) is 20.0. The van der Waals surface area contributed by atoms with Gasteiger partial charge in [-0.25, -0.2) is 17.9 Å². The highest BCUT2D eigenvalue weighted by molar-refractivity contribution is 7.90. The zero-order valence-electron chi connectivity index (χ0n) is 28.9. The lowest BCUT2D eigenvalue weighted by molar-refractivity contribution is -0.136. The highest BCUT2D eigenvalue weighted by Gasteiger charge is 2.49. The van der Waals surface area contributed by atoms with Crippen LogP contribution in [0.2, 0.25) is 5.02 Å². The maximum absolute atomic E-state index is 13.9. The summed E-state index contributed by atoms with van der Waals surface area (Å²) < 4.78 is 43.1. The lowest BCUT2D eigenvalue weighted by Gasteiger charge is -2.47. The van der Waals surface area contributed by atoms with E-state index >= 15 is 0 Å². The van der Waals surface area contributed by atoms with Crippen molar-refractivity contribution in [3.8, 4) is 5.75 Å². The highest BCUT2D eigenvalue weighted by Crippen LogP contribution is 2.47.